The molecular formula is C15H17BrClN5O4S. The summed E-state index contributed by atoms with van der Waals surface area (Å²) in [5.74, 6) is 0.682. The lowest BCUT2D eigenvalue weighted by atomic mass is 10.3. The molecule has 9 nitrogen and oxygen atoms in total. The second-order valence-corrected chi connectivity index (χ2v) is 8.87. The van der Waals surface area contributed by atoms with E-state index in [0.717, 1.165) is 6.42 Å². The zero-order valence-electron chi connectivity index (χ0n) is 14.3. The van der Waals surface area contributed by atoms with Crippen LogP contribution >= 0.6 is 27.5 Å². The Balaban J connectivity index is 1.90. The van der Waals surface area contributed by atoms with Crippen LogP contribution in [0.2, 0.25) is 5.28 Å². The van der Waals surface area contributed by atoms with E-state index in [0.29, 0.717) is 23.3 Å². The molecule has 0 amide bonds. The van der Waals surface area contributed by atoms with E-state index in [1.54, 1.807) is 6.20 Å². The number of nitro benzene ring substituents is 1. The molecule has 27 heavy (non-hydrogen) atoms. The number of nitrogens with one attached hydrogen (secondary N) is 2. The maximum atomic E-state index is 12.0. The van der Waals surface area contributed by atoms with Gasteiger partial charge in [-0.1, -0.05) is 0 Å². The summed E-state index contributed by atoms with van der Waals surface area (Å²) in [6.45, 7) is 0.858. The van der Waals surface area contributed by atoms with E-state index < -0.39 is 14.7 Å². The highest BCUT2D eigenvalue weighted by molar-refractivity contribution is 9.10. The van der Waals surface area contributed by atoms with E-state index in [4.69, 9.17) is 21.1 Å². The molecule has 1 heterocycles. The number of nitrogens with zero attached hydrogens (tertiary/aromatic N) is 3. The van der Waals surface area contributed by atoms with Crippen molar-refractivity contribution in [2.24, 2.45) is 0 Å². The van der Waals surface area contributed by atoms with Crippen molar-refractivity contribution in [1.82, 2.24) is 9.97 Å². The van der Waals surface area contributed by atoms with Crippen molar-refractivity contribution < 1.29 is 13.9 Å². The Bertz CT molecular complexity index is 942. The molecule has 0 saturated carbocycles. The van der Waals surface area contributed by atoms with E-state index in [9.17, 15) is 14.3 Å². The average Bonchev–Trinajstić information content (AvgIpc) is 2.59. The molecule has 0 radical (unpaired) electrons. The Morgan fingerprint density at radius 3 is 2.85 bits per heavy atom. The van der Waals surface area contributed by atoms with Gasteiger partial charge in [-0.25, -0.2) is 14.0 Å². The molecule has 1 aromatic carbocycles. The van der Waals surface area contributed by atoms with Crippen molar-refractivity contribution in [1.29, 1.82) is 4.78 Å². The first-order valence-electron chi connectivity index (χ1n) is 7.75. The van der Waals surface area contributed by atoms with Gasteiger partial charge in [0, 0.05) is 25.1 Å². The summed E-state index contributed by atoms with van der Waals surface area (Å²) in [7, 11) is -3.06. The second kappa shape index (κ2) is 9.29. The lowest BCUT2D eigenvalue weighted by Crippen LogP contribution is -2.08. The number of unbranched alkanes of at least 4 members (excludes halogenated alkanes) is 1. The molecule has 2 aromatic rings. The third-order valence-corrected chi connectivity index (χ3v) is 5.33. The smallest absolute Gasteiger partial charge is 0.273 e. The number of hydrogen-bond donors (Lipinski definition) is 2. The van der Waals surface area contributed by atoms with Gasteiger partial charge in [-0.05, 0) is 46.4 Å². The first-order valence-corrected chi connectivity index (χ1v) is 10.9. The number of nitro groups is 1. The van der Waals surface area contributed by atoms with E-state index in [1.807, 2.05) is 0 Å². The number of aromatic nitrogens is 2. The number of hydrogen-bond acceptors (Lipinski definition) is 8. The summed E-state index contributed by atoms with van der Waals surface area (Å²) in [6, 6.07) is 3.72. The van der Waals surface area contributed by atoms with Gasteiger partial charge < -0.3 is 10.1 Å². The van der Waals surface area contributed by atoms with Crippen LogP contribution in [-0.4, -0.2) is 38.5 Å². The van der Waals surface area contributed by atoms with Crippen molar-refractivity contribution in [3.05, 3.63) is 44.3 Å². The SMILES string of the molecule is CS(=N)(=O)c1ccc([N+](=O)[O-])cc1OCCCCNc1nc(Cl)ncc1Br. The first-order chi connectivity index (χ1) is 12.7. The summed E-state index contributed by atoms with van der Waals surface area (Å²) in [4.78, 5) is 18.4. The normalized spacial score (nSPS) is 13.0. The van der Waals surface area contributed by atoms with Gasteiger partial charge in [0.05, 0.1) is 36.7 Å². The number of anilines is 1. The van der Waals surface area contributed by atoms with Gasteiger partial charge in [0.2, 0.25) is 5.28 Å². The summed E-state index contributed by atoms with van der Waals surface area (Å²) < 4.78 is 26.0. The minimum atomic E-state index is -3.06. The minimum Gasteiger partial charge on any atom is -0.492 e. The molecule has 12 heteroatoms. The van der Waals surface area contributed by atoms with Crippen LogP contribution in [0.1, 0.15) is 12.8 Å². The molecule has 0 aliphatic heterocycles. The Morgan fingerprint density at radius 2 is 2.19 bits per heavy atom. The van der Waals surface area contributed by atoms with Crippen molar-refractivity contribution in [2.75, 3.05) is 24.7 Å². The van der Waals surface area contributed by atoms with Crippen LogP contribution < -0.4 is 10.1 Å². The van der Waals surface area contributed by atoms with E-state index >= 15 is 0 Å². The largest absolute Gasteiger partial charge is 0.492 e. The highest BCUT2D eigenvalue weighted by Gasteiger charge is 2.16. The molecule has 0 saturated heterocycles. The molecule has 0 aliphatic rings. The number of rotatable bonds is 9. The fourth-order valence-corrected chi connectivity index (χ4v) is 3.42. The summed E-state index contributed by atoms with van der Waals surface area (Å²) >= 11 is 9.06. The Hall–Kier alpha value is -1.98. The second-order valence-electron chi connectivity index (χ2n) is 5.55. The molecule has 0 bridgehead atoms. The van der Waals surface area contributed by atoms with Crippen molar-refractivity contribution >= 4 is 48.8 Å². The fourth-order valence-electron chi connectivity index (χ4n) is 2.13. The maximum absolute atomic E-state index is 12.0. The third-order valence-electron chi connectivity index (χ3n) is 3.39. The molecule has 0 spiro atoms. The molecule has 1 aromatic heterocycles. The minimum absolute atomic E-state index is 0.102. The standard InChI is InChI=1S/C15H17BrClN5O4S/c1-27(18,25)13-5-4-10(22(23)24)8-12(13)26-7-3-2-6-19-14-11(16)9-20-15(17)21-14/h4-5,8-9,18H,2-3,6-7H2,1H3,(H,19,20,21). The van der Waals surface area contributed by atoms with Crippen molar-refractivity contribution in [2.45, 2.75) is 17.7 Å². The predicted molar refractivity (Wildman–Crippen MR) is 106 cm³/mol. The van der Waals surface area contributed by atoms with Crippen LogP contribution in [0, 0.1) is 14.9 Å². The topological polar surface area (TPSA) is 131 Å². The highest BCUT2D eigenvalue weighted by atomic mass is 79.9. The van der Waals surface area contributed by atoms with Gasteiger partial charge in [0.25, 0.3) is 5.69 Å². The number of non-ortho nitro benzene ring substituents is 1. The fraction of sp³-hybridized carbons (Fsp3) is 0.333. The lowest BCUT2D eigenvalue weighted by Gasteiger charge is -2.12. The van der Waals surface area contributed by atoms with Crippen LogP contribution in [-0.2, 0) is 9.73 Å². The van der Waals surface area contributed by atoms with Gasteiger partial charge in [-0.15, -0.1) is 0 Å². The Kier molecular flexibility index (Phi) is 7.33. The maximum Gasteiger partial charge on any atom is 0.273 e. The zero-order chi connectivity index (χ0) is 20.0. The summed E-state index contributed by atoms with van der Waals surface area (Å²) in [5.41, 5.74) is -0.176. The predicted octanol–water partition coefficient (Wildman–Crippen LogP) is 4.11. The number of halogens is 2. The van der Waals surface area contributed by atoms with Crippen LogP contribution in [0.15, 0.2) is 33.8 Å². The summed E-state index contributed by atoms with van der Waals surface area (Å²) in [6.07, 6.45) is 4.15. The van der Waals surface area contributed by atoms with Crippen molar-refractivity contribution in [3.63, 3.8) is 0 Å². The average molecular weight is 479 g/mol. The van der Waals surface area contributed by atoms with E-state index in [1.165, 1.54) is 24.5 Å². The van der Waals surface area contributed by atoms with E-state index in [-0.39, 0.29) is 28.2 Å². The van der Waals surface area contributed by atoms with Gasteiger partial charge in [-0.3, -0.25) is 10.1 Å². The molecule has 2 rings (SSSR count). The van der Waals surface area contributed by atoms with Crippen LogP contribution in [0.25, 0.3) is 0 Å². The van der Waals surface area contributed by atoms with Crippen molar-refractivity contribution in [3.8, 4) is 5.75 Å². The monoisotopic (exact) mass is 477 g/mol. The Morgan fingerprint density at radius 1 is 1.44 bits per heavy atom. The van der Waals surface area contributed by atoms with Crippen LogP contribution in [0.3, 0.4) is 0 Å². The first kappa shape index (κ1) is 21.3. The molecular weight excluding hydrogens is 462 g/mol. The highest BCUT2D eigenvalue weighted by Crippen LogP contribution is 2.29. The van der Waals surface area contributed by atoms with Crippen LogP contribution in [0.5, 0.6) is 5.75 Å². The molecule has 2 N–H and O–H groups in total. The van der Waals surface area contributed by atoms with Gasteiger partial charge >= 0.3 is 0 Å². The van der Waals surface area contributed by atoms with Gasteiger partial charge in [0.15, 0.2) is 0 Å². The Labute approximate surface area is 169 Å². The lowest BCUT2D eigenvalue weighted by molar-refractivity contribution is -0.385. The molecule has 1 atom stereocenters. The number of benzene rings is 1. The van der Waals surface area contributed by atoms with Gasteiger partial charge in [-0.2, -0.15) is 4.98 Å². The summed E-state index contributed by atoms with van der Waals surface area (Å²) in [5, 5.41) is 14.2. The zero-order valence-corrected chi connectivity index (χ0v) is 17.4. The number of ether oxygens (including phenoxy) is 1. The third kappa shape index (κ3) is 6.29. The van der Waals surface area contributed by atoms with Crippen LogP contribution in [0.4, 0.5) is 11.5 Å². The molecule has 1 unspecified atom stereocenters. The van der Waals surface area contributed by atoms with E-state index in [2.05, 4.69) is 31.2 Å². The molecule has 146 valence electrons. The molecule has 0 aliphatic carbocycles. The quantitative estimate of drug-likeness (QED) is 0.240. The van der Waals surface area contributed by atoms with Gasteiger partial charge in [0.1, 0.15) is 11.6 Å². The molecule has 0 fully saturated rings.